The zero-order chi connectivity index (χ0) is 23.9. The van der Waals surface area contributed by atoms with Crippen molar-refractivity contribution >= 4 is 34.4 Å². The number of aromatic nitrogens is 4. The highest BCUT2D eigenvalue weighted by molar-refractivity contribution is 7.10. The zero-order valence-electron chi connectivity index (χ0n) is 17.2. The van der Waals surface area contributed by atoms with Crippen LogP contribution >= 0.6 is 11.3 Å². The van der Waals surface area contributed by atoms with E-state index in [9.17, 15) is 22.8 Å². The van der Waals surface area contributed by atoms with E-state index in [0.717, 1.165) is 22.7 Å². The number of nitrogens with one attached hydrogen (secondary N) is 1. The van der Waals surface area contributed by atoms with Gasteiger partial charge in [-0.1, -0.05) is 0 Å². The fourth-order valence-corrected chi connectivity index (χ4v) is 4.83. The summed E-state index contributed by atoms with van der Waals surface area (Å²) in [4.78, 5) is 36.1. The van der Waals surface area contributed by atoms with Gasteiger partial charge < -0.3 is 15.0 Å². The molecule has 0 unspecified atom stereocenters. The highest BCUT2D eigenvalue weighted by Crippen LogP contribution is 2.31. The number of hydrogen-bond acceptors (Lipinski definition) is 7. The Kier molecular flexibility index (Phi) is 5.40. The van der Waals surface area contributed by atoms with Crippen LogP contribution in [-0.4, -0.2) is 49.2 Å². The summed E-state index contributed by atoms with van der Waals surface area (Å²) in [6.07, 6.45) is 4.05. The number of alkyl halides is 3. The molecule has 5 heterocycles. The molecular formula is C21H15F3N6O3S. The lowest BCUT2D eigenvalue weighted by atomic mass is 10.0. The normalized spacial score (nSPS) is 13.6. The van der Waals surface area contributed by atoms with E-state index in [1.165, 1.54) is 23.7 Å². The predicted molar refractivity (Wildman–Crippen MR) is 115 cm³/mol. The fourth-order valence-electron chi connectivity index (χ4n) is 3.74. The number of thiophene rings is 1. The lowest BCUT2D eigenvalue weighted by Gasteiger charge is -2.27. The van der Waals surface area contributed by atoms with E-state index in [-0.39, 0.29) is 11.6 Å². The van der Waals surface area contributed by atoms with Crippen molar-refractivity contribution < 1.29 is 27.5 Å². The van der Waals surface area contributed by atoms with Gasteiger partial charge in [-0.3, -0.25) is 19.6 Å². The largest absolute Gasteiger partial charge is 0.573 e. The SMILES string of the molecule is O=C(Nc1cncc(OC(F)(F)F)c1)c1csc2c1CCN(C(=O)c1cnn3ccncc13)C2. The van der Waals surface area contributed by atoms with Crippen molar-refractivity contribution in [1.82, 2.24) is 24.5 Å². The smallest absolute Gasteiger partial charge is 0.404 e. The number of amides is 2. The first kappa shape index (κ1) is 21.8. The van der Waals surface area contributed by atoms with Gasteiger partial charge in [0.25, 0.3) is 11.8 Å². The summed E-state index contributed by atoms with van der Waals surface area (Å²) in [5.41, 5.74) is 2.34. The lowest BCUT2D eigenvalue weighted by molar-refractivity contribution is -0.274. The first-order valence-electron chi connectivity index (χ1n) is 9.96. The summed E-state index contributed by atoms with van der Waals surface area (Å²) in [7, 11) is 0. The minimum absolute atomic E-state index is 0.0704. The number of pyridine rings is 1. The second-order valence-electron chi connectivity index (χ2n) is 7.40. The van der Waals surface area contributed by atoms with Crippen molar-refractivity contribution in [1.29, 1.82) is 0 Å². The number of nitrogens with zero attached hydrogens (tertiary/aromatic N) is 5. The van der Waals surface area contributed by atoms with Gasteiger partial charge in [-0.25, -0.2) is 4.52 Å². The maximum absolute atomic E-state index is 13.1. The number of anilines is 1. The van der Waals surface area contributed by atoms with Crippen LogP contribution in [0.15, 0.2) is 48.6 Å². The van der Waals surface area contributed by atoms with Gasteiger partial charge in [0.15, 0.2) is 0 Å². The van der Waals surface area contributed by atoms with Gasteiger partial charge >= 0.3 is 6.36 Å². The van der Waals surface area contributed by atoms with Crippen LogP contribution in [0.4, 0.5) is 18.9 Å². The third-order valence-electron chi connectivity index (χ3n) is 5.24. The average Bonchev–Trinajstić information content (AvgIpc) is 3.41. The van der Waals surface area contributed by atoms with Gasteiger partial charge in [-0.05, 0) is 12.0 Å². The molecule has 4 aromatic rings. The maximum Gasteiger partial charge on any atom is 0.573 e. The zero-order valence-corrected chi connectivity index (χ0v) is 18.1. The van der Waals surface area contributed by atoms with E-state index in [0.29, 0.717) is 36.2 Å². The van der Waals surface area contributed by atoms with Crippen LogP contribution in [-0.2, 0) is 13.0 Å². The molecule has 13 heteroatoms. The Morgan fingerprint density at radius 1 is 1.12 bits per heavy atom. The van der Waals surface area contributed by atoms with Gasteiger partial charge in [0, 0.05) is 35.3 Å². The summed E-state index contributed by atoms with van der Waals surface area (Å²) in [5.74, 6) is -1.19. The summed E-state index contributed by atoms with van der Waals surface area (Å²) in [6, 6.07) is 1.04. The van der Waals surface area contributed by atoms with Crippen LogP contribution in [0.25, 0.3) is 5.52 Å². The van der Waals surface area contributed by atoms with E-state index < -0.39 is 18.0 Å². The predicted octanol–water partition coefficient (Wildman–Crippen LogP) is 3.54. The van der Waals surface area contributed by atoms with Crippen LogP contribution in [0.5, 0.6) is 5.75 Å². The Labute approximate surface area is 193 Å². The molecule has 0 fully saturated rings. The number of rotatable bonds is 4. The number of carbonyl (C=O) groups is 2. The minimum atomic E-state index is -4.86. The van der Waals surface area contributed by atoms with Crippen molar-refractivity contribution in [3.8, 4) is 5.75 Å². The maximum atomic E-state index is 13.1. The molecule has 0 aliphatic carbocycles. The molecule has 0 aromatic carbocycles. The first-order valence-corrected chi connectivity index (χ1v) is 10.8. The van der Waals surface area contributed by atoms with Crippen molar-refractivity contribution in [2.45, 2.75) is 19.3 Å². The average molecular weight is 488 g/mol. The summed E-state index contributed by atoms with van der Waals surface area (Å²) in [6.45, 7) is 0.733. The molecule has 2 amide bonds. The van der Waals surface area contributed by atoms with Crippen molar-refractivity contribution in [2.24, 2.45) is 0 Å². The molecule has 0 spiro atoms. The molecular weight excluding hydrogens is 473 g/mol. The molecule has 0 bridgehead atoms. The van der Waals surface area contributed by atoms with Gasteiger partial charge in [0.05, 0.1) is 53.7 Å². The van der Waals surface area contributed by atoms with Gasteiger partial charge in [0.1, 0.15) is 5.75 Å². The van der Waals surface area contributed by atoms with Crippen LogP contribution < -0.4 is 10.1 Å². The molecule has 4 aromatic heterocycles. The Balaban J connectivity index is 1.30. The molecule has 9 nitrogen and oxygen atoms in total. The van der Waals surface area contributed by atoms with E-state index in [4.69, 9.17) is 0 Å². The Bertz CT molecular complexity index is 1400. The van der Waals surface area contributed by atoms with Crippen molar-refractivity contribution in [3.05, 3.63) is 70.2 Å². The Morgan fingerprint density at radius 3 is 2.79 bits per heavy atom. The monoisotopic (exact) mass is 488 g/mol. The Hall–Kier alpha value is -4.00. The minimum Gasteiger partial charge on any atom is -0.404 e. The second kappa shape index (κ2) is 8.41. The molecule has 1 aliphatic heterocycles. The number of halogens is 3. The van der Waals surface area contributed by atoms with Crippen LogP contribution in [0.2, 0.25) is 0 Å². The number of fused-ring (bicyclic) bond motifs is 2. The third kappa shape index (κ3) is 4.29. The lowest BCUT2D eigenvalue weighted by Crippen LogP contribution is -2.35. The number of hydrogen-bond donors (Lipinski definition) is 1. The Morgan fingerprint density at radius 2 is 1.97 bits per heavy atom. The van der Waals surface area contributed by atoms with Crippen LogP contribution in [0.1, 0.15) is 31.2 Å². The number of carbonyl (C=O) groups excluding carboxylic acids is 2. The second-order valence-corrected chi connectivity index (χ2v) is 8.37. The molecule has 0 saturated heterocycles. The number of ether oxygens (including phenoxy) is 1. The van der Waals surface area contributed by atoms with Gasteiger partial charge in [-0.2, -0.15) is 5.10 Å². The van der Waals surface area contributed by atoms with Crippen molar-refractivity contribution in [3.63, 3.8) is 0 Å². The fraction of sp³-hybridized carbons (Fsp3) is 0.190. The standard InChI is InChI=1S/C21H15F3N6O3S/c22-21(23,24)33-13-5-12(6-26-7-13)28-19(31)16-11-34-18-10-29(3-1-14(16)18)20(32)15-8-27-30-4-2-25-9-17(15)30/h2,4-9,11H,1,3,10H2,(H,28,31). The van der Waals surface area contributed by atoms with E-state index in [2.05, 4.69) is 25.1 Å². The summed E-state index contributed by atoms with van der Waals surface area (Å²) < 4.78 is 42.7. The molecule has 1 aliphatic rings. The molecule has 1 N–H and O–H groups in total. The van der Waals surface area contributed by atoms with Crippen molar-refractivity contribution in [2.75, 3.05) is 11.9 Å². The molecule has 0 atom stereocenters. The molecule has 174 valence electrons. The van der Waals surface area contributed by atoms with Gasteiger partial charge in [0.2, 0.25) is 0 Å². The van der Waals surface area contributed by atoms with E-state index in [1.54, 1.807) is 33.4 Å². The third-order valence-corrected chi connectivity index (χ3v) is 6.25. The summed E-state index contributed by atoms with van der Waals surface area (Å²) in [5, 5.41) is 8.41. The van der Waals surface area contributed by atoms with E-state index in [1.807, 2.05) is 0 Å². The van der Waals surface area contributed by atoms with Gasteiger partial charge in [-0.15, -0.1) is 24.5 Å². The quantitative estimate of drug-likeness (QED) is 0.472. The van der Waals surface area contributed by atoms with E-state index >= 15 is 0 Å². The topological polar surface area (TPSA) is 102 Å². The highest BCUT2D eigenvalue weighted by Gasteiger charge is 2.32. The highest BCUT2D eigenvalue weighted by atomic mass is 32.1. The molecule has 0 saturated carbocycles. The first-order chi connectivity index (χ1) is 16.3. The molecule has 0 radical (unpaired) electrons. The van der Waals surface area contributed by atoms with Crippen LogP contribution in [0, 0.1) is 0 Å². The molecule has 34 heavy (non-hydrogen) atoms. The summed E-state index contributed by atoms with van der Waals surface area (Å²) >= 11 is 1.35. The van der Waals surface area contributed by atoms with Crippen LogP contribution in [0.3, 0.4) is 0 Å². The molecule has 5 rings (SSSR count).